The first-order valence-corrected chi connectivity index (χ1v) is 6.78. The lowest BCUT2D eigenvalue weighted by Crippen LogP contribution is -2.09. The van der Waals surface area contributed by atoms with Gasteiger partial charge in [0.1, 0.15) is 0 Å². The molecule has 0 spiro atoms. The first-order valence-electron chi connectivity index (χ1n) is 6.78. The molecular formula is C17H20N2O2. The molecule has 0 fully saturated rings. The average molecular weight is 284 g/mol. The molecule has 0 heterocycles. The monoisotopic (exact) mass is 284 g/mol. The predicted octanol–water partition coefficient (Wildman–Crippen LogP) is 3.15. The van der Waals surface area contributed by atoms with E-state index in [9.17, 15) is 4.79 Å². The fraction of sp³-hybridized carbons (Fsp3) is 0.235. The molecule has 2 rings (SSSR count). The molecule has 0 saturated carbocycles. The highest BCUT2D eigenvalue weighted by Gasteiger charge is 2.04. The van der Waals surface area contributed by atoms with Gasteiger partial charge in [0.2, 0.25) is 0 Å². The van der Waals surface area contributed by atoms with E-state index in [2.05, 4.69) is 27.1 Å². The van der Waals surface area contributed by atoms with Gasteiger partial charge in [-0.1, -0.05) is 18.2 Å². The van der Waals surface area contributed by atoms with E-state index in [1.807, 2.05) is 38.4 Å². The van der Waals surface area contributed by atoms with E-state index in [1.165, 1.54) is 7.11 Å². The number of nitrogens with one attached hydrogen (secondary N) is 1. The van der Waals surface area contributed by atoms with Crippen molar-refractivity contribution in [1.82, 2.24) is 0 Å². The number of carbonyl (C=O) groups excluding carboxylic acids is 1. The summed E-state index contributed by atoms with van der Waals surface area (Å²) in [6.07, 6.45) is 0. The van der Waals surface area contributed by atoms with Crippen molar-refractivity contribution in [2.45, 2.75) is 6.54 Å². The first-order chi connectivity index (χ1) is 10.1. The van der Waals surface area contributed by atoms with Crippen molar-refractivity contribution < 1.29 is 9.53 Å². The molecule has 0 aliphatic heterocycles. The minimum atomic E-state index is -0.312. The summed E-state index contributed by atoms with van der Waals surface area (Å²) in [5.74, 6) is -0.312. The SMILES string of the molecule is COC(=O)c1ccc(CNc2cccc(N(C)C)c2)cc1. The average Bonchev–Trinajstić information content (AvgIpc) is 2.53. The molecule has 0 unspecified atom stereocenters. The largest absolute Gasteiger partial charge is 0.465 e. The summed E-state index contributed by atoms with van der Waals surface area (Å²) in [7, 11) is 5.42. The number of benzene rings is 2. The second-order valence-electron chi connectivity index (χ2n) is 4.99. The van der Waals surface area contributed by atoms with Crippen molar-refractivity contribution in [3.05, 3.63) is 59.7 Å². The molecule has 0 atom stereocenters. The summed E-state index contributed by atoms with van der Waals surface area (Å²) in [5, 5.41) is 3.38. The maximum atomic E-state index is 11.4. The molecule has 0 amide bonds. The molecule has 2 aromatic rings. The van der Waals surface area contributed by atoms with Gasteiger partial charge in [-0.25, -0.2) is 4.79 Å². The molecule has 0 radical (unpaired) electrons. The number of ether oxygens (including phenoxy) is 1. The number of carbonyl (C=O) groups is 1. The maximum absolute atomic E-state index is 11.4. The molecule has 0 aliphatic carbocycles. The van der Waals surface area contributed by atoms with Gasteiger partial charge in [-0.15, -0.1) is 0 Å². The predicted molar refractivity (Wildman–Crippen MR) is 85.9 cm³/mol. The number of anilines is 2. The Bertz CT molecular complexity index is 606. The van der Waals surface area contributed by atoms with Gasteiger partial charge >= 0.3 is 5.97 Å². The van der Waals surface area contributed by atoms with Crippen LogP contribution >= 0.6 is 0 Å². The van der Waals surface area contributed by atoms with Gasteiger partial charge < -0.3 is 15.0 Å². The Kier molecular flexibility index (Phi) is 4.82. The lowest BCUT2D eigenvalue weighted by molar-refractivity contribution is 0.0600. The van der Waals surface area contributed by atoms with Crippen LogP contribution in [0, 0.1) is 0 Å². The smallest absolute Gasteiger partial charge is 0.337 e. The van der Waals surface area contributed by atoms with Gasteiger partial charge in [0, 0.05) is 32.0 Å². The van der Waals surface area contributed by atoms with E-state index >= 15 is 0 Å². The number of hydrogen-bond donors (Lipinski definition) is 1. The summed E-state index contributed by atoms with van der Waals surface area (Å²) in [4.78, 5) is 13.4. The van der Waals surface area contributed by atoms with Crippen LogP contribution in [0.25, 0.3) is 0 Å². The molecule has 4 heteroatoms. The highest BCUT2D eigenvalue weighted by Crippen LogP contribution is 2.18. The Balaban J connectivity index is 2.00. The molecule has 2 aromatic carbocycles. The molecule has 0 saturated heterocycles. The van der Waals surface area contributed by atoms with Gasteiger partial charge in [-0.2, -0.15) is 0 Å². The van der Waals surface area contributed by atoms with E-state index < -0.39 is 0 Å². The minimum absolute atomic E-state index is 0.312. The van der Waals surface area contributed by atoms with Crippen LogP contribution in [0.3, 0.4) is 0 Å². The molecule has 21 heavy (non-hydrogen) atoms. The van der Waals surface area contributed by atoms with Crippen molar-refractivity contribution in [2.75, 3.05) is 31.4 Å². The molecule has 110 valence electrons. The van der Waals surface area contributed by atoms with Gasteiger partial charge in [0.05, 0.1) is 12.7 Å². The summed E-state index contributed by atoms with van der Waals surface area (Å²) < 4.78 is 4.68. The Morgan fingerprint density at radius 3 is 2.48 bits per heavy atom. The summed E-state index contributed by atoms with van der Waals surface area (Å²) >= 11 is 0. The van der Waals surface area contributed by atoms with E-state index in [0.717, 1.165) is 16.9 Å². The minimum Gasteiger partial charge on any atom is -0.465 e. The van der Waals surface area contributed by atoms with E-state index in [0.29, 0.717) is 12.1 Å². The second-order valence-corrected chi connectivity index (χ2v) is 4.99. The topological polar surface area (TPSA) is 41.6 Å². The maximum Gasteiger partial charge on any atom is 0.337 e. The van der Waals surface area contributed by atoms with Crippen molar-refractivity contribution in [3.63, 3.8) is 0 Å². The molecule has 0 aromatic heterocycles. The number of methoxy groups -OCH3 is 1. The fourth-order valence-corrected chi connectivity index (χ4v) is 1.97. The third kappa shape index (κ3) is 3.99. The van der Waals surface area contributed by atoms with Crippen LogP contribution in [0.15, 0.2) is 48.5 Å². The van der Waals surface area contributed by atoms with E-state index in [4.69, 9.17) is 0 Å². The Labute approximate surface area is 125 Å². The second kappa shape index (κ2) is 6.79. The standard InChI is InChI=1S/C17H20N2O2/c1-19(2)16-6-4-5-15(11-16)18-12-13-7-9-14(10-8-13)17(20)21-3/h4-11,18H,12H2,1-3H3. The highest BCUT2D eigenvalue weighted by molar-refractivity contribution is 5.89. The molecule has 0 bridgehead atoms. The number of esters is 1. The van der Waals surface area contributed by atoms with Crippen LogP contribution in [0.1, 0.15) is 15.9 Å². The number of rotatable bonds is 5. The molecular weight excluding hydrogens is 264 g/mol. The van der Waals surface area contributed by atoms with Crippen LogP contribution in [0.4, 0.5) is 11.4 Å². The number of hydrogen-bond acceptors (Lipinski definition) is 4. The molecule has 4 nitrogen and oxygen atoms in total. The lowest BCUT2D eigenvalue weighted by Gasteiger charge is -2.14. The van der Waals surface area contributed by atoms with Gasteiger partial charge in [-0.3, -0.25) is 0 Å². The lowest BCUT2D eigenvalue weighted by atomic mass is 10.1. The van der Waals surface area contributed by atoms with Crippen LogP contribution in [-0.4, -0.2) is 27.2 Å². The van der Waals surface area contributed by atoms with Crippen molar-refractivity contribution >= 4 is 17.3 Å². The molecule has 0 aliphatic rings. The normalized spacial score (nSPS) is 10.0. The van der Waals surface area contributed by atoms with Crippen LogP contribution in [0.2, 0.25) is 0 Å². The molecule has 1 N–H and O–H groups in total. The zero-order valence-electron chi connectivity index (χ0n) is 12.6. The van der Waals surface area contributed by atoms with Crippen molar-refractivity contribution in [3.8, 4) is 0 Å². The summed E-state index contributed by atoms with van der Waals surface area (Å²) in [6.45, 7) is 0.707. The van der Waals surface area contributed by atoms with Gasteiger partial charge in [-0.05, 0) is 35.9 Å². The summed E-state index contributed by atoms with van der Waals surface area (Å²) in [5.41, 5.74) is 3.90. The quantitative estimate of drug-likeness (QED) is 0.856. The third-order valence-electron chi connectivity index (χ3n) is 3.23. The highest BCUT2D eigenvalue weighted by atomic mass is 16.5. The third-order valence-corrected chi connectivity index (χ3v) is 3.23. The Hall–Kier alpha value is -2.49. The fourth-order valence-electron chi connectivity index (χ4n) is 1.97. The van der Waals surface area contributed by atoms with E-state index in [-0.39, 0.29) is 5.97 Å². The van der Waals surface area contributed by atoms with Crippen LogP contribution < -0.4 is 10.2 Å². The Morgan fingerprint density at radius 2 is 1.86 bits per heavy atom. The summed E-state index contributed by atoms with van der Waals surface area (Å²) in [6, 6.07) is 15.6. The Morgan fingerprint density at radius 1 is 1.14 bits per heavy atom. The van der Waals surface area contributed by atoms with Gasteiger partial charge in [0.15, 0.2) is 0 Å². The van der Waals surface area contributed by atoms with Crippen LogP contribution in [0.5, 0.6) is 0 Å². The zero-order valence-corrected chi connectivity index (χ0v) is 12.6. The zero-order chi connectivity index (χ0) is 15.2. The van der Waals surface area contributed by atoms with Crippen molar-refractivity contribution in [2.24, 2.45) is 0 Å². The van der Waals surface area contributed by atoms with Crippen molar-refractivity contribution in [1.29, 1.82) is 0 Å². The van der Waals surface area contributed by atoms with Crippen LogP contribution in [-0.2, 0) is 11.3 Å². The first kappa shape index (κ1) is 14.9. The number of nitrogens with zero attached hydrogens (tertiary/aromatic N) is 1. The van der Waals surface area contributed by atoms with E-state index in [1.54, 1.807) is 12.1 Å². The van der Waals surface area contributed by atoms with Gasteiger partial charge in [0.25, 0.3) is 0 Å².